The monoisotopic (exact) mass is 439 g/mol. The first-order valence-corrected chi connectivity index (χ1v) is 12.9. The highest BCUT2D eigenvalue weighted by Gasteiger charge is 2.26. The van der Waals surface area contributed by atoms with E-state index in [4.69, 9.17) is 4.99 Å². The summed E-state index contributed by atoms with van der Waals surface area (Å²) < 4.78 is 0. The zero-order valence-corrected chi connectivity index (χ0v) is 19.8. The Bertz CT molecular complexity index is 765. The summed E-state index contributed by atoms with van der Waals surface area (Å²) in [6, 6.07) is 9.58. The van der Waals surface area contributed by atoms with E-state index < -0.39 is 0 Å². The van der Waals surface area contributed by atoms with Gasteiger partial charge in [-0.3, -0.25) is 9.79 Å². The Hall–Kier alpha value is -2.08. The van der Waals surface area contributed by atoms with E-state index in [9.17, 15) is 4.79 Å². The fourth-order valence-electron chi connectivity index (χ4n) is 5.52. The molecule has 1 saturated carbocycles. The van der Waals surface area contributed by atoms with Crippen molar-refractivity contribution in [3.63, 3.8) is 0 Å². The summed E-state index contributed by atoms with van der Waals surface area (Å²) in [5.74, 6) is 1.13. The molecule has 32 heavy (non-hydrogen) atoms. The lowest BCUT2D eigenvalue weighted by molar-refractivity contribution is -0.118. The number of carbonyl (C=O) groups excluding carboxylic acids is 1. The van der Waals surface area contributed by atoms with Crippen LogP contribution in [0.4, 0.5) is 5.69 Å². The third-order valence-electron chi connectivity index (χ3n) is 7.31. The average Bonchev–Trinajstić information content (AvgIpc) is 3.27. The van der Waals surface area contributed by atoms with Crippen molar-refractivity contribution in [3.8, 4) is 0 Å². The molecule has 1 amide bonds. The van der Waals surface area contributed by atoms with Gasteiger partial charge in [-0.1, -0.05) is 37.5 Å². The topological polar surface area (TPSA) is 60.0 Å². The molecule has 1 aliphatic carbocycles. The zero-order chi connectivity index (χ0) is 22.2. The van der Waals surface area contributed by atoms with E-state index in [1.165, 1.54) is 63.6 Å². The summed E-state index contributed by atoms with van der Waals surface area (Å²) in [7, 11) is 0. The first kappa shape index (κ1) is 23.1. The Morgan fingerprint density at radius 3 is 2.62 bits per heavy atom. The SMILES string of the molecule is CCNC(=NCCCC(=O)N1CCc2ccccc21)NC1CCN(C2CCCCC2)CC1. The molecule has 1 aromatic carbocycles. The van der Waals surface area contributed by atoms with Crippen molar-refractivity contribution in [2.24, 2.45) is 4.99 Å². The lowest BCUT2D eigenvalue weighted by Crippen LogP contribution is -2.51. The summed E-state index contributed by atoms with van der Waals surface area (Å²) in [4.78, 5) is 22.1. The minimum absolute atomic E-state index is 0.221. The van der Waals surface area contributed by atoms with Crippen LogP contribution < -0.4 is 15.5 Å². The van der Waals surface area contributed by atoms with Crippen molar-refractivity contribution in [2.75, 3.05) is 37.6 Å². The normalized spacial score (nSPS) is 20.9. The molecule has 0 unspecified atom stereocenters. The number of fused-ring (bicyclic) bond motifs is 1. The molecule has 2 aliphatic heterocycles. The molecule has 2 N–H and O–H groups in total. The molecule has 176 valence electrons. The summed E-state index contributed by atoms with van der Waals surface area (Å²) in [5.41, 5.74) is 2.38. The number of hydrogen-bond acceptors (Lipinski definition) is 3. The Labute approximate surface area is 193 Å². The Morgan fingerprint density at radius 2 is 1.84 bits per heavy atom. The lowest BCUT2D eigenvalue weighted by atomic mass is 9.92. The van der Waals surface area contributed by atoms with Crippen LogP contribution in [0.15, 0.2) is 29.3 Å². The highest BCUT2D eigenvalue weighted by atomic mass is 16.2. The van der Waals surface area contributed by atoms with Gasteiger partial charge in [-0.2, -0.15) is 0 Å². The summed E-state index contributed by atoms with van der Waals surface area (Å²) in [6.07, 6.45) is 11.7. The predicted octanol–water partition coefficient (Wildman–Crippen LogP) is 3.71. The van der Waals surface area contributed by atoms with Gasteiger partial charge in [0.2, 0.25) is 5.91 Å². The van der Waals surface area contributed by atoms with E-state index in [0.29, 0.717) is 19.0 Å². The van der Waals surface area contributed by atoms with Crippen molar-refractivity contribution in [3.05, 3.63) is 29.8 Å². The van der Waals surface area contributed by atoms with E-state index in [2.05, 4.69) is 40.7 Å². The average molecular weight is 440 g/mol. The number of guanidine groups is 1. The smallest absolute Gasteiger partial charge is 0.227 e. The Kier molecular flexibility index (Phi) is 8.43. The van der Waals surface area contributed by atoms with E-state index >= 15 is 0 Å². The van der Waals surface area contributed by atoms with E-state index in [1.54, 1.807) is 0 Å². The summed E-state index contributed by atoms with van der Waals surface area (Å²) >= 11 is 0. The number of piperidine rings is 1. The number of nitrogens with one attached hydrogen (secondary N) is 2. The molecule has 0 radical (unpaired) electrons. The second kappa shape index (κ2) is 11.7. The van der Waals surface area contributed by atoms with Gasteiger partial charge < -0.3 is 20.4 Å². The number of likely N-dealkylation sites (tertiary alicyclic amines) is 1. The van der Waals surface area contributed by atoms with Crippen molar-refractivity contribution in [1.82, 2.24) is 15.5 Å². The first-order valence-electron chi connectivity index (χ1n) is 12.9. The van der Waals surface area contributed by atoms with Crippen LogP contribution in [0.3, 0.4) is 0 Å². The number of hydrogen-bond donors (Lipinski definition) is 2. The number of nitrogens with zero attached hydrogens (tertiary/aromatic N) is 3. The fourth-order valence-corrected chi connectivity index (χ4v) is 5.52. The van der Waals surface area contributed by atoms with Crippen molar-refractivity contribution < 1.29 is 4.79 Å². The molecule has 1 saturated heterocycles. The van der Waals surface area contributed by atoms with Gasteiger partial charge in [-0.25, -0.2) is 0 Å². The molecule has 0 atom stereocenters. The van der Waals surface area contributed by atoms with Crippen LogP contribution >= 0.6 is 0 Å². The van der Waals surface area contributed by atoms with Crippen LogP contribution in [0.1, 0.15) is 70.3 Å². The Balaban J connectivity index is 1.19. The molecule has 2 heterocycles. The Morgan fingerprint density at radius 1 is 1.06 bits per heavy atom. The van der Waals surface area contributed by atoms with Crippen LogP contribution in [0.5, 0.6) is 0 Å². The molecular formula is C26H41N5O. The maximum Gasteiger partial charge on any atom is 0.227 e. The third kappa shape index (κ3) is 6.03. The second-order valence-corrected chi connectivity index (χ2v) is 9.53. The number of benzene rings is 1. The minimum Gasteiger partial charge on any atom is -0.357 e. The van der Waals surface area contributed by atoms with Gasteiger partial charge in [0.15, 0.2) is 5.96 Å². The molecule has 0 spiro atoms. The molecule has 6 nitrogen and oxygen atoms in total. The minimum atomic E-state index is 0.221. The van der Waals surface area contributed by atoms with E-state index in [1.807, 2.05) is 11.0 Å². The van der Waals surface area contributed by atoms with Gasteiger partial charge in [-0.15, -0.1) is 0 Å². The van der Waals surface area contributed by atoms with Crippen molar-refractivity contribution in [1.29, 1.82) is 0 Å². The van der Waals surface area contributed by atoms with Gasteiger partial charge in [0.25, 0.3) is 0 Å². The fraction of sp³-hybridized carbons (Fsp3) is 0.692. The summed E-state index contributed by atoms with van der Waals surface area (Å²) in [6.45, 7) is 6.86. The van der Waals surface area contributed by atoms with Crippen LogP contribution in [-0.2, 0) is 11.2 Å². The standard InChI is InChI=1S/C26H41N5O/c1-2-27-26(29-22-15-18-30(19-16-22)23-10-4-3-5-11-23)28-17-8-13-25(32)31-20-14-21-9-6-7-12-24(21)31/h6-7,9,12,22-23H,2-5,8,10-11,13-20H2,1H3,(H2,27,28,29). The maximum absolute atomic E-state index is 12.7. The van der Waals surface area contributed by atoms with E-state index in [-0.39, 0.29) is 5.91 Å². The van der Waals surface area contributed by atoms with Crippen LogP contribution in [-0.4, -0.2) is 61.6 Å². The number of carbonyl (C=O) groups is 1. The predicted molar refractivity (Wildman–Crippen MR) is 132 cm³/mol. The van der Waals surface area contributed by atoms with Crippen LogP contribution in [0, 0.1) is 0 Å². The van der Waals surface area contributed by atoms with Crippen molar-refractivity contribution >= 4 is 17.6 Å². The molecule has 2 fully saturated rings. The van der Waals surface area contributed by atoms with Crippen LogP contribution in [0.25, 0.3) is 0 Å². The highest BCUT2D eigenvalue weighted by Crippen LogP contribution is 2.28. The van der Waals surface area contributed by atoms with Crippen LogP contribution in [0.2, 0.25) is 0 Å². The quantitative estimate of drug-likeness (QED) is 0.386. The number of rotatable bonds is 7. The van der Waals surface area contributed by atoms with Gasteiger partial charge in [0, 0.05) is 56.9 Å². The second-order valence-electron chi connectivity index (χ2n) is 9.53. The van der Waals surface area contributed by atoms with Gasteiger partial charge in [0.05, 0.1) is 0 Å². The molecule has 6 heteroatoms. The maximum atomic E-state index is 12.7. The number of aliphatic imine (C=N–C) groups is 1. The molecule has 1 aromatic rings. The summed E-state index contributed by atoms with van der Waals surface area (Å²) in [5, 5.41) is 7.04. The lowest BCUT2D eigenvalue weighted by Gasteiger charge is -2.39. The highest BCUT2D eigenvalue weighted by molar-refractivity contribution is 5.95. The van der Waals surface area contributed by atoms with Gasteiger partial charge >= 0.3 is 0 Å². The number of anilines is 1. The van der Waals surface area contributed by atoms with Gasteiger partial charge in [-0.05, 0) is 57.1 Å². The molecule has 0 bridgehead atoms. The first-order chi connectivity index (χ1) is 15.7. The number of amides is 1. The third-order valence-corrected chi connectivity index (χ3v) is 7.31. The zero-order valence-electron chi connectivity index (χ0n) is 19.8. The molecule has 4 rings (SSSR count). The van der Waals surface area contributed by atoms with E-state index in [0.717, 1.165) is 43.6 Å². The van der Waals surface area contributed by atoms with Crippen molar-refractivity contribution in [2.45, 2.75) is 83.2 Å². The molecule has 0 aromatic heterocycles. The molecular weight excluding hydrogens is 398 g/mol. The largest absolute Gasteiger partial charge is 0.357 e. The van der Waals surface area contributed by atoms with Gasteiger partial charge in [0.1, 0.15) is 0 Å². The molecule has 3 aliphatic rings. The number of para-hydroxylation sites is 1.